The number of nitrogens with one attached hydrogen (secondary N) is 1. The Bertz CT molecular complexity index is 632. The summed E-state index contributed by atoms with van der Waals surface area (Å²) < 4.78 is 13.2. The van der Waals surface area contributed by atoms with E-state index in [1.54, 1.807) is 24.3 Å². The third-order valence-electron chi connectivity index (χ3n) is 2.72. The van der Waals surface area contributed by atoms with Gasteiger partial charge in [0.2, 0.25) is 5.91 Å². The van der Waals surface area contributed by atoms with Crippen LogP contribution in [0.2, 0.25) is 10.0 Å². The van der Waals surface area contributed by atoms with Crippen LogP contribution in [-0.4, -0.2) is 5.91 Å². The Labute approximate surface area is 125 Å². The minimum absolute atomic E-state index is 0.0633. The highest BCUT2D eigenvalue weighted by molar-refractivity contribution is 6.31. The molecule has 0 bridgehead atoms. The van der Waals surface area contributed by atoms with Crippen molar-refractivity contribution in [3.8, 4) is 0 Å². The molecule has 0 aliphatic carbocycles. The maximum Gasteiger partial charge on any atom is 0.244 e. The molecule has 2 aromatic rings. The standard InChI is InChI=1S/C14H11Cl2FN2O/c15-9-2-4-10(5-3-9)19-13(14(18)20)8-1-6-12(17)11(16)7-8/h1-7,13,19H,(H2,18,20). The Hall–Kier alpha value is -1.78. The summed E-state index contributed by atoms with van der Waals surface area (Å²) in [5.41, 5.74) is 6.52. The molecule has 0 aliphatic rings. The third-order valence-corrected chi connectivity index (χ3v) is 3.26. The van der Waals surface area contributed by atoms with Gasteiger partial charge in [0.05, 0.1) is 5.02 Å². The zero-order valence-corrected chi connectivity index (χ0v) is 11.8. The number of hydrogen-bond donors (Lipinski definition) is 2. The first-order chi connectivity index (χ1) is 9.47. The van der Waals surface area contributed by atoms with Crippen LogP contribution in [0.3, 0.4) is 0 Å². The summed E-state index contributed by atoms with van der Waals surface area (Å²) >= 11 is 11.5. The topological polar surface area (TPSA) is 55.1 Å². The van der Waals surface area contributed by atoms with Gasteiger partial charge in [0.1, 0.15) is 11.9 Å². The number of benzene rings is 2. The van der Waals surface area contributed by atoms with Crippen LogP contribution >= 0.6 is 23.2 Å². The second-order valence-corrected chi connectivity index (χ2v) is 5.00. The first kappa shape index (κ1) is 14.6. The normalized spacial score (nSPS) is 11.9. The van der Waals surface area contributed by atoms with E-state index in [1.165, 1.54) is 18.2 Å². The molecule has 2 rings (SSSR count). The molecular weight excluding hydrogens is 302 g/mol. The van der Waals surface area contributed by atoms with Crippen LogP contribution < -0.4 is 11.1 Å². The van der Waals surface area contributed by atoms with Crippen molar-refractivity contribution < 1.29 is 9.18 Å². The van der Waals surface area contributed by atoms with E-state index in [9.17, 15) is 9.18 Å². The number of hydrogen-bond acceptors (Lipinski definition) is 2. The largest absolute Gasteiger partial charge is 0.370 e. The summed E-state index contributed by atoms with van der Waals surface area (Å²) in [7, 11) is 0. The molecule has 0 aliphatic heterocycles. The molecule has 0 saturated carbocycles. The molecule has 6 heteroatoms. The molecule has 104 valence electrons. The van der Waals surface area contributed by atoms with Crippen LogP contribution in [-0.2, 0) is 4.79 Å². The van der Waals surface area contributed by atoms with Crippen molar-refractivity contribution in [2.45, 2.75) is 6.04 Å². The van der Waals surface area contributed by atoms with E-state index >= 15 is 0 Å². The van der Waals surface area contributed by atoms with Crippen molar-refractivity contribution in [3.05, 3.63) is 63.9 Å². The number of nitrogens with two attached hydrogens (primary N) is 1. The van der Waals surface area contributed by atoms with Gasteiger partial charge in [-0.1, -0.05) is 29.3 Å². The Balaban J connectivity index is 2.29. The van der Waals surface area contributed by atoms with Crippen LogP contribution in [0.1, 0.15) is 11.6 Å². The molecular formula is C14H11Cl2FN2O. The van der Waals surface area contributed by atoms with Gasteiger partial charge in [0.25, 0.3) is 0 Å². The van der Waals surface area contributed by atoms with Gasteiger partial charge < -0.3 is 11.1 Å². The van der Waals surface area contributed by atoms with Gasteiger partial charge >= 0.3 is 0 Å². The van der Waals surface area contributed by atoms with Gasteiger partial charge in [0.15, 0.2) is 0 Å². The van der Waals surface area contributed by atoms with Crippen LogP contribution in [0.5, 0.6) is 0 Å². The van der Waals surface area contributed by atoms with Crippen molar-refractivity contribution in [3.63, 3.8) is 0 Å². The molecule has 0 radical (unpaired) electrons. The molecule has 0 heterocycles. The van der Waals surface area contributed by atoms with Crippen molar-refractivity contribution in [2.75, 3.05) is 5.32 Å². The lowest BCUT2D eigenvalue weighted by molar-refractivity contribution is -0.118. The predicted molar refractivity (Wildman–Crippen MR) is 78.4 cm³/mol. The lowest BCUT2D eigenvalue weighted by Crippen LogP contribution is -2.27. The lowest BCUT2D eigenvalue weighted by atomic mass is 10.1. The highest BCUT2D eigenvalue weighted by Gasteiger charge is 2.18. The Morgan fingerprint density at radius 3 is 2.35 bits per heavy atom. The molecule has 20 heavy (non-hydrogen) atoms. The minimum Gasteiger partial charge on any atom is -0.370 e. The van der Waals surface area contributed by atoms with Crippen LogP contribution in [0.15, 0.2) is 42.5 Å². The average molecular weight is 313 g/mol. The summed E-state index contributed by atoms with van der Waals surface area (Å²) in [5.74, 6) is -1.15. The first-order valence-corrected chi connectivity index (χ1v) is 6.49. The maximum absolute atomic E-state index is 13.2. The number of carbonyl (C=O) groups is 1. The average Bonchev–Trinajstić information content (AvgIpc) is 2.41. The fraction of sp³-hybridized carbons (Fsp3) is 0.0714. The molecule has 1 unspecified atom stereocenters. The molecule has 1 amide bonds. The smallest absolute Gasteiger partial charge is 0.244 e. The van der Waals surface area contributed by atoms with Gasteiger partial charge in [-0.15, -0.1) is 0 Å². The molecule has 0 aromatic heterocycles. The van der Waals surface area contributed by atoms with E-state index in [0.717, 1.165) is 0 Å². The van der Waals surface area contributed by atoms with Crippen LogP contribution in [0.4, 0.5) is 10.1 Å². The van der Waals surface area contributed by atoms with E-state index < -0.39 is 17.8 Å². The van der Waals surface area contributed by atoms with Crippen LogP contribution in [0.25, 0.3) is 0 Å². The maximum atomic E-state index is 13.2. The SMILES string of the molecule is NC(=O)C(Nc1ccc(Cl)cc1)c1ccc(F)c(Cl)c1. The number of primary amides is 1. The van der Waals surface area contributed by atoms with Crippen molar-refractivity contribution >= 4 is 34.8 Å². The number of anilines is 1. The van der Waals surface area contributed by atoms with Gasteiger partial charge in [-0.05, 0) is 42.0 Å². The molecule has 3 N–H and O–H groups in total. The summed E-state index contributed by atoms with van der Waals surface area (Å²) in [6.45, 7) is 0. The second kappa shape index (κ2) is 6.11. The lowest BCUT2D eigenvalue weighted by Gasteiger charge is -2.17. The summed E-state index contributed by atoms with van der Waals surface area (Å²) in [6, 6.07) is 9.99. The quantitative estimate of drug-likeness (QED) is 0.903. The summed E-state index contributed by atoms with van der Waals surface area (Å²) in [4.78, 5) is 11.6. The highest BCUT2D eigenvalue weighted by atomic mass is 35.5. The van der Waals surface area contributed by atoms with Gasteiger partial charge in [-0.25, -0.2) is 4.39 Å². The van der Waals surface area contributed by atoms with Gasteiger partial charge in [0, 0.05) is 10.7 Å². The molecule has 3 nitrogen and oxygen atoms in total. The van der Waals surface area contributed by atoms with E-state index in [0.29, 0.717) is 16.3 Å². The molecule has 2 aromatic carbocycles. The number of carbonyl (C=O) groups excluding carboxylic acids is 1. The molecule has 0 saturated heterocycles. The predicted octanol–water partition coefficient (Wildman–Crippen LogP) is 3.77. The Morgan fingerprint density at radius 2 is 1.80 bits per heavy atom. The van der Waals surface area contributed by atoms with Crippen molar-refractivity contribution in [1.29, 1.82) is 0 Å². The van der Waals surface area contributed by atoms with Gasteiger partial charge in [-0.3, -0.25) is 4.79 Å². The second-order valence-electron chi connectivity index (χ2n) is 4.16. The Morgan fingerprint density at radius 1 is 1.15 bits per heavy atom. The summed E-state index contributed by atoms with van der Waals surface area (Å²) in [5, 5.41) is 3.47. The number of amides is 1. The van der Waals surface area contributed by atoms with E-state index in [1.807, 2.05) is 0 Å². The first-order valence-electron chi connectivity index (χ1n) is 5.74. The monoisotopic (exact) mass is 312 g/mol. The minimum atomic E-state index is -0.811. The van der Waals surface area contributed by atoms with Crippen LogP contribution in [0, 0.1) is 5.82 Å². The van der Waals surface area contributed by atoms with E-state index in [4.69, 9.17) is 28.9 Å². The van der Waals surface area contributed by atoms with E-state index in [2.05, 4.69) is 5.32 Å². The number of rotatable bonds is 4. The molecule has 1 atom stereocenters. The van der Waals surface area contributed by atoms with Gasteiger partial charge in [-0.2, -0.15) is 0 Å². The number of halogens is 3. The van der Waals surface area contributed by atoms with Crippen molar-refractivity contribution in [1.82, 2.24) is 0 Å². The zero-order chi connectivity index (χ0) is 14.7. The van der Waals surface area contributed by atoms with Crippen molar-refractivity contribution in [2.24, 2.45) is 5.73 Å². The molecule has 0 fully saturated rings. The summed E-state index contributed by atoms with van der Waals surface area (Å²) in [6.07, 6.45) is 0. The third kappa shape index (κ3) is 3.40. The zero-order valence-electron chi connectivity index (χ0n) is 10.2. The van der Waals surface area contributed by atoms with E-state index in [-0.39, 0.29) is 5.02 Å². The fourth-order valence-electron chi connectivity index (χ4n) is 1.72. The molecule has 0 spiro atoms. The fourth-order valence-corrected chi connectivity index (χ4v) is 2.04. The highest BCUT2D eigenvalue weighted by Crippen LogP contribution is 2.24. The Kier molecular flexibility index (Phi) is 4.47.